The number of anilines is 1. The second-order valence-electron chi connectivity index (χ2n) is 6.11. The fraction of sp³-hybridized carbons (Fsp3) is 0.429. The Morgan fingerprint density at radius 1 is 1.38 bits per heavy atom. The normalized spacial score (nSPS) is 13.1. The highest BCUT2D eigenvalue weighted by atomic mass is 16.6. The van der Waals surface area contributed by atoms with E-state index in [1.54, 1.807) is 6.07 Å². The molecule has 1 aromatic carbocycles. The van der Waals surface area contributed by atoms with E-state index in [-0.39, 0.29) is 22.5 Å². The number of nitrogens with zero attached hydrogens (tertiary/aromatic N) is 2. The van der Waals surface area contributed by atoms with Crippen molar-refractivity contribution in [3.8, 4) is 0 Å². The molecule has 0 aliphatic heterocycles. The quantitative estimate of drug-likeness (QED) is 0.668. The molecule has 0 radical (unpaired) electrons. The molecule has 1 heterocycles. The molecule has 2 rings (SSSR count). The second kappa shape index (κ2) is 5.16. The van der Waals surface area contributed by atoms with Crippen LogP contribution in [-0.2, 0) is 0 Å². The van der Waals surface area contributed by atoms with Crippen LogP contribution in [0.4, 0.5) is 11.4 Å². The molecule has 7 nitrogen and oxygen atoms in total. The summed E-state index contributed by atoms with van der Waals surface area (Å²) in [6.45, 7) is 8.08. The van der Waals surface area contributed by atoms with Gasteiger partial charge in [0.05, 0.1) is 22.2 Å². The summed E-state index contributed by atoms with van der Waals surface area (Å²) in [5.41, 5.74) is 0.210. The van der Waals surface area contributed by atoms with Gasteiger partial charge < -0.3 is 10.3 Å². The number of rotatable bonds is 3. The van der Waals surface area contributed by atoms with E-state index in [4.69, 9.17) is 0 Å². The molecule has 21 heavy (non-hydrogen) atoms. The van der Waals surface area contributed by atoms with Crippen LogP contribution in [0.15, 0.2) is 23.3 Å². The predicted octanol–water partition coefficient (Wildman–Crippen LogP) is 2.68. The SMILES string of the molecule is CC(Nc1cc2nc[nH]c(=O)c2cc1[N+](=O)[O-])C(C)(C)C. The largest absolute Gasteiger partial charge is 0.376 e. The van der Waals surface area contributed by atoms with Crippen LogP contribution in [0, 0.1) is 15.5 Å². The molecule has 2 N–H and O–H groups in total. The average molecular weight is 290 g/mol. The lowest BCUT2D eigenvalue weighted by Crippen LogP contribution is -2.31. The molecule has 1 aromatic heterocycles. The highest BCUT2D eigenvalue weighted by Crippen LogP contribution is 2.31. The van der Waals surface area contributed by atoms with Gasteiger partial charge in [0.25, 0.3) is 11.2 Å². The molecule has 0 saturated carbocycles. The maximum Gasteiger partial charge on any atom is 0.293 e. The highest BCUT2D eigenvalue weighted by Gasteiger charge is 2.24. The number of aromatic amines is 1. The summed E-state index contributed by atoms with van der Waals surface area (Å²) in [6, 6.07) is 2.82. The number of aromatic nitrogens is 2. The van der Waals surface area contributed by atoms with Gasteiger partial charge in [-0.3, -0.25) is 14.9 Å². The Bertz CT molecular complexity index is 746. The van der Waals surface area contributed by atoms with Gasteiger partial charge in [0, 0.05) is 12.1 Å². The molecule has 0 fully saturated rings. The highest BCUT2D eigenvalue weighted by molar-refractivity contribution is 5.86. The third-order valence-electron chi connectivity index (χ3n) is 3.63. The average Bonchev–Trinajstić information content (AvgIpc) is 2.37. The first-order valence-electron chi connectivity index (χ1n) is 6.62. The molecule has 112 valence electrons. The van der Waals surface area contributed by atoms with E-state index in [0.29, 0.717) is 11.2 Å². The number of nitrogens with one attached hydrogen (secondary N) is 2. The summed E-state index contributed by atoms with van der Waals surface area (Å²) in [7, 11) is 0. The molecule has 2 aromatic rings. The van der Waals surface area contributed by atoms with Crippen LogP contribution < -0.4 is 10.9 Å². The molecule has 1 atom stereocenters. The van der Waals surface area contributed by atoms with Crippen molar-refractivity contribution in [2.24, 2.45) is 5.41 Å². The lowest BCUT2D eigenvalue weighted by Gasteiger charge is -2.28. The van der Waals surface area contributed by atoms with Crippen LogP contribution >= 0.6 is 0 Å². The van der Waals surface area contributed by atoms with Gasteiger partial charge in [-0.05, 0) is 18.4 Å². The maximum atomic E-state index is 11.7. The molecule has 1 unspecified atom stereocenters. The number of nitro groups is 1. The Kier molecular flexibility index (Phi) is 3.67. The van der Waals surface area contributed by atoms with Crippen LogP contribution in [0.2, 0.25) is 0 Å². The molecule has 0 aliphatic rings. The van der Waals surface area contributed by atoms with Gasteiger partial charge in [-0.15, -0.1) is 0 Å². The third-order valence-corrected chi connectivity index (χ3v) is 3.63. The fourth-order valence-electron chi connectivity index (χ4n) is 1.82. The van der Waals surface area contributed by atoms with E-state index in [1.807, 2.05) is 27.7 Å². The van der Waals surface area contributed by atoms with Crippen molar-refractivity contribution >= 4 is 22.3 Å². The standard InChI is InChI=1S/C14H18N4O3/c1-8(14(2,3)4)17-11-6-10-9(5-12(11)18(20)21)13(19)16-7-15-10/h5-8,17H,1-4H3,(H,15,16,19). The van der Waals surface area contributed by atoms with E-state index in [9.17, 15) is 14.9 Å². The number of benzene rings is 1. The summed E-state index contributed by atoms with van der Waals surface area (Å²) in [5, 5.41) is 14.6. The summed E-state index contributed by atoms with van der Waals surface area (Å²) < 4.78 is 0. The van der Waals surface area contributed by atoms with Gasteiger partial charge in [0.15, 0.2) is 0 Å². The summed E-state index contributed by atoms with van der Waals surface area (Å²) in [6.07, 6.45) is 1.29. The van der Waals surface area contributed by atoms with E-state index >= 15 is 0 Å². The third kappa shape index (κ3) is 3.01. The molecule has 0 amide bonds. The van der Waals surface area contributed by atoms with Crippen LogP contribution in [0.25, 0.3) is 10.9 Å². The van der Waals surface area contributed by atoms with Crippen LogP contribution in [0.3, 0.4) is 0 Å². The molecule has 0 saturated heterocycles. The molecular weight excluding hydrogens is 272 g/mol. The molecule has 0 spiro atoms. The lowest BCUT2D eigenvalue weighted by atomic mass is 9.88. The smallest absolute Gasteiger partial charge is 0.293 e. The van der Waals surface area contributed by atoms with Gasteiger partial charge in [0.2, 0.25) is 0 Å². The van der Waals surface area contributed by atoms with Crippen molar-refractivity contribution in [2.45, 2.75) is 33.7 Å². The topological polar surface area (TPSA) is 101 Å². The second-order valence-corrected chi connectivity index (χ2v) is 6.11. The zero-order valence-corrected chi connectivity index (χ0v) is 12.4. The molecular formula is C14H18N4O3. The van der Waals surface area contributed by atoms with Crippen molar-refractivity contribution in [3.63, 3.8) is 0 Å². The van der Waals surface area contributed by atoms with Crippen LogP contribution in [0.5, 0.6) is 0 Å². The molecule has 7 heteroatoms. The Morgan fingerprint density at radius 2 is 2.05 bits per heavy atom. The fourth-order valence-corrected chi connectivity index (χ4v) is 1.82. The summed E-state index contributed by atoms with van der Waals surface area (Å²) in [4.78, 5) is 28.9. The maximum absolute atomic E-state index is 11.7. The van der Waals surface area contributed by atoms with E-state index in [2.05, 4.69) is 15.3 Å². The zero-order valence-electron chi connectivity index (χ0n) is 12.4. The minimum absolute atomic E-state index is 0.00986. The number of H-pyrrole nitrogens is 1. The number of hydrogen-bond donors (Lipinski definition) is 2. The lowest BCUT2D eigenvalue weighted by molar-refractivity contribution is -0.383. The van der Waals surface area contributed by atoms with E-state index in [1.165, 1.54) is 12.4 Å². The Morgan fingerprint density at radius 3 is 2.62 bits per heavy atom. The monoisotopic (exact) mass is 290 g/mol. The Labute approximate surface area is 121 Å². The van der Waals surface area contributed by atoms with Crippen molar-refractivity contribution in [3.05, 3.63) is 38.9 Å². The van der Waals surface area contributed by atoms with Gasteiger partial charge in [-0.2, -0.15) is 0 Å². The van der Waals surface area contributed by atoms with Gasteiger partial charge in [-0.25, -0.2) is 4.98 Å². The van der Waals surface area contributed by atoms with Crippen molar-refractivity contribution in [2.75, 3.05) is 5.32 Å². The first kappa shape index (κ1) is 15.0. The Hall–Kier alpha value is -2.44. The molecule has 0 aliphatic carbocycles. The van der Waals surface area contributed by atoms with Gasteiger partial charge in [0.1, 0.15) is 5.69 Å². The van der Waals surface area contributed by atoms with Crippen molar-refractivity contribution in [1.82, 2.24) is 9.97 Å². The number of nitro benzene ring substituents is 1. The first-order valence-corrected chi connectivity index (χ1v) is 6.62. The van der Waals surface area contributed by atoms with Crippen LogP contribution in [0.1, 0.15) is 27.7 Å². The summed E-state index contributed by atoms with van der Waals surface area (Å²) in [5.74, 6) is 0. The van der Waals surface area contributed by atoms with Crippen LogP contribution in [-0.4, -0.2) is 20.9 Å². The minimum atomic E-state index is -0.496. The molecule has 0 bridgehead atoms. The zero-order chi connectivity index (χ0) is 15.8. The van der Waals surface area contributed by atoms with Crippen molar-refractivity contribution in [1.29, 1.82) is 0 Å². The number of hydrogen-bond acceptors (Lipinski definition) is 5. The summed E-state index contributed by atoms with van der Waals surface area (Å²) >= 11 is 0. The predicted molar refractivity (Wildman–Crippen MR) is 81.6 cm³/mol. The van der Waals surface area contributed by atoms with Gasteiger partial charge in [-0.1, -0.05) is 20.8 Å². The Balaban J connectivity index is 2.59. The number of fused-ring (bicyclic) bond motifs is 1. The van der Waals surface area contributed by atoms with Gasteiger partial charge >= 0.3 is 0 Å². The van der Waals surface area contributed by atoms with Crippen molar-refractivity contribution < 1.29 is 4.92 Å². The first-order chi connectivity index (χ1) is 9.70. The van der Waals surface area contributed by atoms with E-state index < -0.39 is 10.5 Å². The minimum Gasteiger partial charge on any atom is -0.376 e. The van der Waals surface area contributed by atoms with E-state index in [0.717, 1.165) is 0 Å².